The van der Waals surface area contributed by atoms with Gasteiger partial charge in [0.25, 0.3) is 5.91 Å². The van der Waals surface area contributed by atoms with E-state index in [0.29, 0.717) is 24.1 Å². The van der Waals surface area contributed by atoms with Gasteiger partial charge in [-0.3, -0.25) is 4.79 Å². The van der Waals surface area contributed by atoms with Gasteiger partial charge < -0.3 is 9.64 Å². The zero-order chi connectivity index (χ0) is 19.1. The predicted octanol–water partition coefficient (Wildman–Crippen LogP) is 2.41. The van der Waals surface area contributed by atoms with Crippen molar-refractivity contribution in [2.24, 2.45) is 11.3 Å². The third-order valence-corrected chi connectivity index (χ3v) is 7.52. The molecule has 1 aromatic carbocycles. The van der Waals surface area contributed by atoms with Crippen molar-refractivity contribution >= 4 is 15.9 Å². The summed E-state index contributed by atoms with van der Waals surface area (Å²) in [6.07, 6.45) is 5.54. The van der Waals surface area contributed by atoms with Gasteiger partial charge in [0.15, 0.2) is 0 Å². The number of nitrogens with zero attached hydrogens (tertiary/aromatic N) is 1. The van der Waals surface area contributed by atoms with Crippen LogP contribution in [-0.2, 0) is 14.8 Å². The number of rotatable bonds is 7. The molecule has 0 unspecified atom stereocenters. The van der Waals surface area contributed by atoms with Crippen LogP contribution in [-0.4, -0.2) is 51.6 Å². The summed E-state index contributed by atoms with van der Waals surface area (Å²) in [5.74, 6) is 0.388. The van der Waals surface area contributed by atoms with E-state index in [1.807, 2.05) is 11.8 Å². The number of ether oxygens (including phenoxy) is 1. The molecular weight excluding hydrogens is 364 g/mol. The number of likely N-dealkylation sites (tertiary alicyclic amines) is 1. The molecule has 1 aliphatic heterocycles. The van der Waals surface area contributed by atoms with Crippen LogP contribution in [0.2, 0.25) is 0 Å². The Morgan fingerprint density at radius 2 is 2.11 bits per heavy atom. The van der Waals surface area contributed by atoms with Crippen molar-refractivity contribution in [1.29, 1.82) is 0 Å². The lowest BCUT2D eigenvalue weighted by atomic mass is 9.66. The number of carbonyl (C=O) groups is 1. The molecule has 1 heterocycles. The molecule has 0 radical (unpaired) electrons. The van der Waals surface area contributed by atoms with E-state index in [9.17, 15) is 13.2 Å². The SMILES string of the molecule is CCOC1CC2(CCN(C(=O)c3cccc(S(=O)(=O)NCC4CC4)c3)C2)C1. The average Bonchev–Trinajstić information content (AvgIpc) is 3.37. The Bertz CT molecular complexity index is 813. The first kappa shape index (κ1) is 18.9. The highest BCUT2D eigenvalue weighted by molar-refractivity contribution is 7.89. The van der Waals surface area contributed by atoms with E-state index in [0.717, 1.165) is 51.8 Å². The summed E-state index contributed by atoms with van der Waals surface area (Å²) in [5, 5.41) is 0. The summed E-state index contributed by atoms with van der Waals surface area (Å²) < 4.78 is 33.3. The number of hydrogen-bond acceptors (Lipinski definition) is 4. The summed E-state index contributed by atoms with van der Waals surface area (Å²) in [5.41, 5.74) is 0.646. The lowest BCUT2D eigenvalue weighted by molar-refractivity contribution is -0.0707. The molecule has 3 fully saturated rings. The maximum absolute atomic E-state index is 12.9. The molecule has 148 valence electrons. The standard InChI is InChI=1S/C20H28N2O4S/c1-2-26-17-11-20(12-17)8-9-22(14-20)19(23)16-4-3-5-18(10-16)27(24,25)21-13-15-6-7-15/h3-5,10,15,17,21H,2,6-9,11-14H2,1H3. The van der Waals surface area contributed by atoms with Crippen molar-refractivity contribution in [3.63, 3.8) is 0 Å². The number of benzene rings is 1. The number of hydrogen-bond donors (Lipinski definition) is 1. The lowest BCUT2D eigenvalue weighted by Gasteiger charge is -2.44. The van der Waals surface area contributed by atoms with E-state index < -0.39 is 10.0 Å². The van der Waals surface area contributed by atoms with E-state index in [-0.39, 0.29) is 16.2 Å². The molecule has 7 heteroatoms. The van der Waals surface area contributed by atoms with Gasteiger partial charge in [-0.25, -0.2) is 13.1 Å². The first-order chi connectivity index (χ1) is 12.9. The molecule has 4 rings (SSSR count). The second kappa shape index (κ2) is 7.18. The van der Waals surface area contributed by atoms with Crippen LogP contribution in [0.4, 0.5) is 0 Å². The van der Waals surface area contributed by atoms with E-state index in [4.69, 9.17) is 4.74 Å². The molecule has 1 spiro atoms. The van der Waals surface area contributed by atoms with Crippen molar-refractivity contribution in [1.82, 2.24) is 9.62 Å². The van der Waals surface area contributed by atoms with Gasteiger partial charge >= 0.3 is 0 Å². The van der Waals surface area contributed by atoms with Crippen molar-refractivity contribution in [2.75, 3.05) is 26.2 Å². The van der Waals surface area contributed by atoms with Crippen LogP contribution in [0.1, 0.15) is 49.4 Å². The van der Waals surface area contributed by atoms with Crippen LogP contribution < -0.4 is 4.72 Å². The van der Waals surface area contributed by atoms with Crippen LogP contribution >= 0.6 is 0 Å². The third kappa shape index (κ3) is 4.05. The second-order valence-corrected chi connectivity index (χ2v) is 10.1. The van der Waals surface area contributed by atoms with Gasteiger partial charge in [0.2, 0.25) is 10.0 Å². The molecule has 27 heavy (non-hydrogen) atoms. The van der Waals surface area contributed by atoms with Gasteiger partial charge in [-0.2, -0.15) is 0 Å². The molecule has 3 aliphatic rings. The predicted molar refractivity (Wildman–Crippen MR) is 102 cm³/mol. The molecular formula is C20H28N2O4S. The Morgan fingerprint density at radius 1 is 1.33 bits per heavy atom. The van der Waals surface area contributed by atoms with E-state index in [2.05, 4.69) is 4.72 Å². The van der Waals surface area contributed by atoms with E-state index in [1.165, 1.54) is 6.07 Å². The molecule has 0 bridgehead atoms. The number of carbonyl (C=O) groups excluding carboxylic acids is 1. The van der Waals surface area contributed by atoms with Gasteiger partial charge in [-0.05, 0) is 68.6 Å². The molecule has 1 aromatic rings. The van der Waals surface area contributed by atoms with Crippen LogP contribution in [0.5, 0.6) is 0 Å². The minimum Gasteiger partial charge on any atom is -0.378 e. The Kier molecular flexibility index (Phi) is 5.03. The smallest absolute Gasteiger partial charge is 0.253 e. The summed E-state index contributed by atoms with van der Waals surface area (Å²) in [6.45, 7) is 4.70. The first-order valence-corrected chi connectivity index (χ1v) is 11.4. The highest BCUT2D eigenvalue weighted by atomic mass is 32.2. The minimum atomic E-state index is -3.56. The number of amides is 1. The topological polar surface area (TPSA) is 75.7 Å². The van der Waals surface area contributed by atoms with Crippen molar-refractivity contribution < 1.29 is 17.9 Å². The first-order valence-electron chi connectivity index (χ1n) is 9.91. The summed E-state index contributed by atoms with van der Waals surface area (Å²) in [7, 11) is -3.56. The number of sulfonamides is 1. The summed E-state index contributed by atoms with van der Waals surface area (Å²) in [6, 6.07) is 6.42. The Morgan fingerprint density at radius 3 is 2.81 bits per heavy atom. The fourth-order valence-corrected chi connectivity index (χ4v) is 5.47. The van der Waals surface area contributed by atoms with Gasteiger partial charge in [-0.1, -0.05) is 6.07 Å². The minimum absolute atomic E-state index is 0.0778. The lowest BCUT2D eigenvalue weighted by Crippen LogP contribution is -2.45. The quantitative estimate of drug-likeness (QED) is 0.773. The summed E-state index contributed by atoms with van der Waals surface area (Å²) in [4.78, 5) is 15.0. The highest BCUT2D eigenvalue weighted by Gasteiger charge is 2.49. The third-order valence-electron chi connectivity index (χ3n) is 6.10. The van der Waals surface area contributed by atoms with Crippen LogP contribution in [0.15, 0.2) is 29.2 Å². The zero-order valence-corrected chi connectivity index (χ0v) is 16.6. The average molecular weight is 393 g/mol. The van der Waals surface area contributed by atoms with Crippen LogP contribution in [0.3, 0.4) is 0 Å². The van der Waals surface area contributed by atoms with Gasteiger partial charge in [-0.15, -0.1) is 0 Å². The fourth-order valence-electron chi connectivity index (χ4n) is 4.31. The Hall–Kier alpha value is -1.44. The van der Waals surface area contributed by atoms with E-state index >= 15 is 0 Å². The molecule has 0 aromatic heterocycles. The van der Waals surface area contributed by atoms with Crippen LogP contribution in [0, 0.1) is 11.3 Å². The van der Waals surface area contributed by atoms with Crippen molar-refractivity contribution in [3.8, 4) is 0 Å². The zero-order valence-electron chi connectivity index (χ0n) is 15.8. The fraction of sp³-hybridized carbons (Fsp3) is 0.650. The molecule has 1 saturated heterocycles. The van der Waals surface area contributed by atoms with Crippen LogP contribution in [0.25, 0.3) is 0 Å². The molecule has 6 nitrogen and oxygen atoms in total. The van der Waals surface area contributed by atoms with Crippen molar-refractivity contribution in [2.45, 2.75) is 50.0 Å². The monoisotopic (exact) mass is 392 g/mol. The Labute approximate surface area is 161 Å². The normalized spacial score (nSPS) is 27.7. The summed E-state index contributed by atoms with van der Waals surface area (Å²) >= 11 is 0. The Balaban J connectivity index is 1.41. The molecule has 1 amide bonds. The highest BCUT2D eigenvalue weighted by Crippen LogP contribution is 2.49. The number of nitrogens with one attached hydrogen (secondary N) is 1. The van der Waals surface area contributed by atoms with Crippen molar-refractivity contribution in [3.05, 3.63) is 29.8 Å². The largest absolute Gasteiger partial charge is 0.378 e. The molecule has 2 saturated carbocycles. The molecule has 1 N–H and O–H groups in total. The maximum atomic E-state index is 12.9. The second-order valence-electron chi connectivity index (χ2n) is 8.29. The van der Waals surface area contributed by atoms with Gasteiger partial charge in [0.05, 0.1) is 11.0 Å². The maximum Gasteiger partial charge on any atom is 0.253 e. The molecule has 0 atom stereocenters. The van der Waals surface area contributed by atoms with Gasteiger partial charge in [0, 0.05) is 31.8 Å². The van der Waals surface area contributed by atoms with E-state index in [1.54, 1.807) is 18.2 Å². The van der Waals surface area contributed by atoms with Gasteiger partial charge in [0.1, 0.15) is 0 Å². The molecule has 2 aliphatic carbocycles.